The molecule has 1 N–H and O–H groups in total. The lowest BCUT2D eigenvalue weighted by molar-refractivity contribution is -0.0119. The van der Waals surface area contributed by atoms with Gasteiger partial charge in [-0.2, -0.15) is 0 Å². The summed E-state index contributed by atoms with van der Waals surface area (Å²) >= 11 is 0. The van der Waals surface area contributed by atoms with E-state index in [1.165, 1.54) is 0 Å². The highest BCUT2D eigenvalue weighted by molar-refractivity contribution is 7.89. The van der Waals surface area contributed by atoms with Crippen LogP contribution in [0.15, 0.2) is 29.2 Å². The van der Waals surface area contributed by atoms with Gasteiger partial charge in [0.2, 0.25) is 10.0 Å². The lowest BCUT2D eigenvalue weighted by atomic mass is 10.2. The van der Waals surface area contributed by atoms with Gasteiger partial charge in [-0.25, -0.2) is 17.9 Å². The highest BCUT2D eigenvalue weighted by Gasteiger charge is 2.19. The number of aryl methyl sites for hydroxylation is 1. The van der Waals surface area contributed by atoms with Gasteiger partial charge in [0.05, 0.1) is 11.5 Å². The Morgan fingerprint density at radius 2 is 1.78 bits per heavy atom. The normalized spacial score (nSPS) is 13.4. The Labute approximate surface area is 138 Å². The summed E-state index contributed by atoms with van der Waals surface area (Å²) in [5.74, 6) is -0.178. The van der Waals surface area contributed by atoms with Crippen molar-refractivity contribution >= 4 is 16.2 Å². The van der Waals surface area contributed by atoms with Gasteiger partial charge in [0.15, 0.2) is 0 Å². The predicted molar refractivity (Wildman–Crippen MR) is 87.7 cm³/mol. The van der Waals surface area contributed by atoms with Crippen molar-refractivity contribution in [1.82, 2.24) is 4.72 Å². The summed E-state index contributed by atoms with van der Waals surface area (Å²) < 4.78 is 36.8. The Morgan fingerprint density at radius 3 is 2.30 bits per heavy atom. The van der Waals surface area contributed by atoms with Gasteiger partial charge >= 0.3 is 6.16 Å². The quantitative estimate of drug-likeness (QED) is 0.803. The van der Waals surface area contributed by atoms with Crippen molar-refractivity contribution in [2.75, 3.05) is 13.2 Å². The Hall–Kier alpha value is -1.60. The second-order valence-corrected chi connectivity index (χ2v) is 8.31. The maximum absolute atomic E-state index is 12.1. The molecule has 0 spiro atoms. The molecule has 0 bridgehead atoms. The second kappa shape index (κ2) is 7.79. The number of rotatable bonds is 6. The fourth-order valence-electron chi connectivity index (χ4n) is 1.60. The van der Waals surface area contributed by atoms with E-state index in [9.17, 15) is 13.2 Å². The Morgan fingerprint density at radius 1 is 1.22 bits per heavy atom. The second-order valence-electron chi connectivity index (χ2n) is 6.55. The molecule has 7 heteroatoms. The van der Waals surface area contributed by atoms with Gasteiger partial charge in [0.1, 0.15) is 5.60 Å². The summed E-state index contributed by atoms with van der Waals surface area (Å²) in [5.41, 5.74) is 0.371. The van der Waals surface area contributed by atoms with E-state index in [0.717, 1.165) is 5.56 Å². The van der Waals surface area contributed by atoms with Gasteiger partial charge in [0.25, 0.3) is 0 Å². The van der Waals surface area contributed by atoms with E-state index in [0.29, 0.717) is 0 Å². The molecule has 0 fully saturated rings. The van der Waals surface area contributed by atoms with Crippen LogP contribution in [-0.4, -0.2) is 33.3 Å². The van der Waals surface area contributed by atoms with Crippen molar-refractivity contribution in [3.05, 3.63) is 29.8 Å². The molecule has 1 rings (SSSR count). The zero-order valence-corrected chi connectivity index (χ0v) is 15.1. The molecule has 0 aliphatic carbocycles. The Bertz CT molecular complexity index is 617. The first-order valence-electron chi connectivity index (χ1n) is 7.42. The molecule has 0 amide bonds. The maximum atomic E-state index is 12.1. The molecule has 130 valence electrons. The third kappa shape index (κ3) is 7.47. The number of hydrogen-bond acceptors (Lipinski definition) is 5. The Kier molecular flexibility index (Phi) is 6.58. The standard InChI is InChI=1S/C16H25NO5S/c1-12-6-8-14(9-7-12)23(19,20)17-10-13(2)11-21-15(18)22-16(3,4)5/h6-9,13,17H,10-11H2,1-5H3/t13-/m1/s1. The molecule has 0 aliphatic heterocycles. The number of carbonyl (C=O) groups excluding carboxylic acids is 1. The Balaban J connectivity index is 2.45. The number of sulfonamides is 1. The molecule has 0 saturated heterocycles. The van der Waals surface area contributed by atoms with E-state index < -0.39 is 21.8 Å². The molecule has 0 unspecified atom stereocenters. The predicted octanol–water partition coefficient (Wildman–Crippen LogP) is 2.86. The molecule has 0 aromatic heterocycles. The number of nitrogens with one attached hydrogen (secondary N) is 1. The van der Waals surface area contributed by atoms with Gasteiger partial charge in [-0.15, -0.1) is 0 Å². The van der Waals surface area contributed by atoms with Crippen LogP contribution in [-0.2, 0) is 19.5 Å². The van der Waals surface area contributed by atoms with E-state index in [2.05, 4.69) is 4.72 Å². The zero-order valence-electron chi connectivity index (χ0n) is 14.3. The smallest absolute Gasteiger partial charge is 0.434 e. The van der Waals surface area contributed by atoms with Crippen LogP contribution in [0.3, 0.4) is 0 Å². The summed E-state index contributed by atoms with van der Waals surface area (Å²) in [6.07, 6.45) is -0.759. The van der Waals surface area contributed by atoms with Crippen LogP contribution in [0.25, 0.3) is 0 Å². The molecule has 0 saturated carbocycles. The van der Waals surface area contributed by atoms with E-state index in [1.807, 2.05) is 6.92 Å². The van der Waals surface area contributed by atoms with Gasteiger partial charge in [-0.3, -0.25) is 0 Å². The monoisotopic (exact) mass is 343 g/mol. The number of benzene rings is 1. The molecule has 0 aliphatic rings. The summed E-state index contributed by atoms with van der Waals surface area (Å²) in [4.78, 5) is 11.6. The highest BCUT2D eigenvalue weighted by atomic mass is 32.2. The number of carbonyl (C=O) groups is 1. The minimum Gasteiger partial charge on any atom is -0.434 e. The lowest BCUT2D eigenvalue weighted by Gasteiger charge is -2.20. The third-order valence-corrected chi connectivity index (χ3v) is 4.27. The molecule has 1 aromatic rings. The largest absolute Gasteiger partial charge is 0.508 e. The third-order valence-electron chi connectivity index (χ3n) is 2.83. The SMILES string of the molecule is Cc1ccc(S(=O)(=O)NC[C@@H](C)COC(=O)OC(C)(C)C)cc1. The van der Waals surface area contributed by atoms with Crippen molar-refractivity contribution in [1.29, 1.82) is 0 Å². The van der Waals surface area contributed by atoms with E-state index in [1.54, 1.807) is 52.0 Å². The van der Waals surface area contributed by atoms with Crippen LogP contribution in [0.2, 0.25) is 0 Å². The number of hydrogen-bond donors (Lipinski definition) is 1. The molecule has 1 atom stereocenters. The van der Waals surface area contributed by atoms with Crippen LogP contribution < -0.4 is 4.72 Å². The molecule has 6 nitrogen and oxygen atoms in total. The minimum atomic E-state index is -3.56. The fourth-order valence-corrected chi connectivity index (χ4v) is 2.77. The molecule has 1 aromatic carbocycles. The van der Waals surface area contributed by atoms with E-state index in [4.69, 9.17) is 9.47 Å². The van der Waals surface area contributed by atoms with Crippen LogP contribution in [0.5, 0.6) is 0 Å². The van der Waals surface area contributed by atoms with E-state index in [-0.39, 0.29) is 24.0 Å². The van der Waals surface area contributed by atoms with Crippen molar-refractivity contribution in [3.63, 3.8) is 0 Å². The van der Waals surface area contributed by atoms with Crippen LogP contribution >= 0.6 is 0 Å². The first-order chi connectivity index (χ1) is 10.5. The number of ether oxygens (including phenoxy) is 2. The first kappa shape index (κ1) is 19.4. The summed E-state index contributed by atoms with van der Waals surface area (Å²) in [6, 6.07) is 6.59. The topological polar surface area (TPSA) is 81.7 Å². The maximum Gasteiger partial charge on any atom is 0.508 e. The van der Waals surface area contributed by atoms with Gasteiger partial charge < -0.3 is 9.47 Å². The average Bonchev–Trinajstić information content (AvgIpc) is 2.41. The van der Waals surface area contributed by atoms with Crippen molar-refractivity contribution in [2.24, 2.45) is 5.92 Å². The van der Waals surface area contributed by atoms with Crippen molar-refractivity contribution < 1.29 is 22.7 Å². The molecular formula is C16H25NO5S. The van der Waals surface area contributed by atoms with Crippen LogP contribution in [0.4, 0.5) is 4.79 Å². The highest BCUT2D eigenvalue weighted by Crippen LogP contribution is 2.11. The molecule has 0 heterocycles. The van der Waals surface area contributed by atoms with Crippen molar-refractivity contribution in [3.8, 4) is 0 Å². The molecular weight excluding hydrogens is 318 g/mol. The lowest BCUT2D eigenvalue weighted by Crippen LogP contribution is -2.31. The summed E-state index contributed by atoms with van der Waals surface area (Å²) in [7, 11) is -3.56. The van der Waals surface area contributed by atoms with Crippen LogP contribution in [0, 0.1) is 12.8 Å². The zero-order chi connectivity index (χ0) is 17.7. The van der Waals surface area contributed by atoms with E-state index >= 15 is 0 Å². The van der Waals surface area contributed by atoms with Crippen LogP contribution in [0.1, 0.15) is 33.3 Å². The summed E-state index contributed by atoms with van der Waals surface area (Å²) in [5, 5.41) is 0. The van der Waals surface area contributed by atoms with Gasteiger partial charge in [-0.05, 0) is 39.8 Å². The first-order valence-corrected chi connectivity index (χ1v) is 8.90. The molecule has 0 radical (unpaired) electrons. The molecule has 23 heavy (non-hydrogen) atoms. The van der Waals surface area contributed by atoms with Gasteiger partial charge in [0, 0.05) is 12.5 Å². The summed E-state index contributed by atoms with van der Waals surface area (Å²) in [6.45, 7) is 9.14. The van der Waals surface area contributed by atoms with Gasteiger partial charge in [-0.1, -0.05) is 24.6 Å². The van der Waals surface area contributed by atoms with Crippen molar-refractivity contribution in [2.45, 2.75) is 45.1 Å². The average molecular weight is 343 g/mol. The fraction of sp³-hybridized carbons (Fsp3) is 0.562. The minimum absolute atomic E-state index is 0.0747.